The number of amides is 1. The van der Waals surface area contributed by atoms with E-state index in [9.17, 15) is 19.4 Å². The van der Waals surface area contributed by atoms with Crippen molar-refractivity contribution in [2.75, 3.05) is 40.9 Å². The van der Waals surface area contributed by atoms with Gasteiger partial charge in [0.25, 0.3) is 0 Å². The average Bonchev–Trinajstić information content (AvgIpc) is 3.16. The number of carbonyl (C=O) groups excluding carboxylic acids is 1. The van der Waals surface area contributed by atoms with Gasteiger partial charge in [0.2, 0.25) is 5.91 Å². The number of unbranched alkanes of at least 4 members (excludes halogenated alkanes) is 14. The Morgan fingerprint density at radius 1 is 0.614 bits per heavy atom. The highest BCUT2D eigenvalue weighted by molar-refractivity contribution is 7.47. The van der Waals surface area contributed by atoms with Crippen LogP contribution in [-0.2, 0) is 18.4 Å². The maximum atomic E-state index is 12.9. The van der Waals surface area contributed by atoms with E-state index in [4.69, 9.17) is 9.05 Å². The molecule has 0 aromatic carbocycles. The van der Waals surface area contributed by atoms with Crippen molar-refractivity contribution in [3.63, 3.8) is 0 Å². The van der Waals surface area contributed by atoms with Crippen molar-refractivity contribution in [2.24, 2.45) is 0 Å². The normalized spacial score (nSPS) is 15.1. The average molecular weight is 818 g/mol. The number of hydrogen-bond acceptors (Lipinski definition) is 5. The predicted molar refractivity (Wildman–Crippen MR) is 244 cm³/mol. The minimum Gasteiger partial charge on any atom is -0.387 e. The molecule has 0 aromatic heterocycles. The monoisotopic (exact) mass is 818 g/mol. The zero-order valence-corrected chi connectivity index (χ0v) is 37.9. The van der Waals surface area contributed by atoms with Crippen LogP contribution in [0.2, 0.25) is 0 Å². The molecule has 328 valence electrons. The number of rotatable bonds is 39. The van der Waals surface area contributed by atoms with Crippen molar-refractivity contribution in [2.45, 2.75) is 174 Å². The Morgan fingerprint density at radius 3 is 1.61 bits per heavy atom. The fourth-order valence-electron chi connectivity index (χ4n) is 5.77. The maximum Gasteiger partial charge on any atom is 0.472 e. The van der Waals surface area contributed by atoms with Crippen LogP contribution >= 0.6 is 7.82 Å². The second-order valence-corrected chi connectivity index (χ2v) is 17.5. The lowest BCUT2D eigenvalue weighted by Crippen LogP contribution is -2.45. The summed E-state index contributed by atoms with van der Waals surface area (Å²) in [5.74, 6) is -0.210. The summed E-state index contributed by atoms with van der Waals surface area (Å²) in [7, 11) is 1.52. The van der Waals surface area contributed by atoms with Crippen LogP contribution in [0.25, 0.3) is 0 Å². The standard InChI is InChI=1S/C48H85N2O6P/c1-6-8-10-12-14-16-18-20-22-24-25-26-28-30-32-34-36-38-40-42-48(52)49-46(45-56-57(53,54)55-44-43-50(3,4)5)47(51)41-39-37-35-33-31-29-27-23-21-19-17-15-13-11-9-7-2/h8,10,14,16,20-23,25-26,31,33,39,41,46-47,51H,6-7,9,11-13,15,17-19,24,27-30,32,34-38,40,42-45H2,1-5H3,(H-,49,52,53,54)/p+1/b10-8-,16-14-,22-20-,23-21+,26-25-,33-31+,41-39+. The summed E-state index contributed by atoms with van der Waals surface area (Å²) >= 11 is 0. The fraction of sp³-hybridized carbons (Fsp3) is 0.688. The van der Waals surface area contributed by atoms with E-state index in [0.29, 0.717) is 17.4 Å². The van der Waals surface area contributed by atoms with Crippen LogP contribution in [0.15, 0.2) is 85.1 Å². The van der Waals surface area contributed by atoms with Crippen molar-refractivity contribution in [3.05, 3.63) is 85.1 Å². The van der Waals surface area contributed by atoms with E-state index in [1.807, 2.05) is 27.2 Å². The van der Waals surface area contributed by atoms with E-state index in [-0.39, 0.29) is 19.1 Å². The first-order valence-electron chi connectivity index (χ1n) is 22.5. The number of aliphatic hydroxyl groups excluding tert-OH is 1. The molecular weight excluding hydrogens is 732 g/mol. The van der Waals surface area contributed by atoms with Gasteiger partial charge in [-0.15, -0.1) is 0 Å². The van der Waals surface area contributed by atoms with E-state index in [1.165, 1.54) is 57.8 Å². The van der Waals surface area contributed by atoms with Crippen LogP contribution in [0.4, 0.5) is 0 Å². The third-order valence-corrected chi connectivity index (χ3v) is 10.3. The third kappa shape index (κ3) is 41.6. The summed E-state index contributed by atoms with van der Waals surface area (Å²) in [6.45, 7) is 4.62. The van der Waals surface area contributed by atoms with Crippen molar-refractivity contribution in [1.29, 1.82) is 0 Å². The van der Waals surface area contributed by atoms with Crippen LogP contribution in [0.5, 0.6) is 0 Å². The molecule has 3 atom stereocenters. The van der Waals surface area contributed by atoms with Gasteiger partial charge in [-0.05, 0) is 83.5 Å². The largest absolute Gasteiger partial charge is 0.472 e. The zero-order chi connectivity index (χ0) is 42.1. The topological polar surface area (TPSA) is 105 Å². The molecule has 0 spiro atoms. The summed E-state index contributed by atoms with van der Waals surface area (Å²) in [5.41, 5.74) is 0. The number of aliphatic hydroxyl groups is 1. The number of nitrogens with zero attached hydrogens (tertiary/aromatic N) is 1. The molecule has 0 bridgehead atoms. The smallest absolute Gasteiger partial charge is 0.387 e. The van der Waals surface area contributed by atoms with E-state index in [0.717, 1.165) is 83.5 Å². The number of nitrogens with one attached hydrogen (secondary N) is 1. The first-order chi connectivity index (χ1) is 27.5. The molecule has 0 fully saturated rings. The van der Waals surface area contributed by atoms with Gasteiger partial charge in [-0.3, -0.25) is 13.8 Å². The number of likely N-dealkylation sites (N-methyl/N-ethyl adjacent to an activating group) is 1. The number of allylic oxidation sites excluding steroid dienone is 13. The Kier molecular flexibility index (Phi) is 37.6. The number of carbonyl (C=O) groups is 1. The minimum atomic E-state index is -4.36. The molecule has 0 aliphatic heterocycles. The van der Waals surface area contributed by atoms with Crippen LogP contribution in [0, 0.1) is 0 Å². The molecule has 0 radical (unpaired) electrons. The summed E-state index contributed by atoms with van der Waals surface area (Å²) in [4.78, 5) is 23.1. The molecule has 8 nitrogen and oxygen atoms in total. The molecular formula is C48H86N2O6P+. The van der Waals surface area contributed by atoms with Crippen molar-refractivity contribution < 1.29 is 32.9 Å². The van der Waals surface area contributed by atoms with Gasteiger partial charge in [-0.25, -0.2) is 4.57 Å². The lowest BCUT2D eigenvalue weighted by Gasteiger charge is -2.25. The number of quaternary nitrogens is 1. The summed E-state index contributed by atoms with van der Waals surface area (Å²) < 4.78 is 23.5. The van der Waals surface area contributed by atoms with E-state index >= 15 is 0 Å². The van der Waals surface area contributed by atoms with Crippen molar-refractivity contribution >= 4 is 13.7 Å². The van der Waals surface area contributed by atoms with Gasteiger partial charge in [0, 0.05) is 6.42 Å². The van der Waals surface area contributed by atoms with Crippen LogP contribution < -0.4 is 5.32 Å². The van der Waals surface area contributed by atoms with Crippen LogP contribution in [0.3, 0.4) is 0 Å². The van der Waals surface area contributed by atoms with Gasteiger partial charge in [-0.2, -0.15) is 0 Å². The second kappa shape index (κ2) is 39.2. The third-order valence-electron chi connectivity index (χ3n) is 9.33. The molecule has 0 rings (SSSR count). The first-order valence-corrected chi connectivity index (χ1v) is 24.0. The highest BCUT2D eigenvalue weighted by Gasteiger charge is 2.27. The molecule has 0 aliphatic carbocycles. The molecule has 0 saturated carbocycles. The molecule has 57 heavy (non-hydrogen) atoms. The van der Waals surface area contributed by atoms with Gasteiger partial charge < -0.3 is 19.8 Å². The van der Waals surface area contributed by atoms with Crippen molar-refractivity contribution in [1.82, 2.24) is 5.32 Å². The van der Waals surface area contributed by atoms with Crippen LogP contribution in [0.1, 0.15) is 162 Å². The Balaban J connectivity index is 4.54. The Morgan fingerprint density at radius 2 is 1.07 bits per heavy atom. The van der Waals surface area contributed by atoms with Crippen LogP contribution in [-0.4, -0.2) is 73.4 Å². The highest BCUT2D eigenvalue weighted by Crippen LogP contribution is 2.43. The van der Waals surface area contributed by atoms with Gasteiger partial charge in [0.05, 0.1) is 39.9 Å². The number of hydrogen-bond donors (Lipinski definition) is 3. The van der Waals surface area contributed by atoms with Gasteiger partial charge in [0.1, 0.15) is 13.2 Å². The molecule has 0 aromatic rings. The Bertz CT molecular complexity index is 1200. The SMILES string of the molecule is CC/C=C\C/C=C\C/C=C\C/C=C\CCCCCCCCC(=O)NC(COP(=O)(O)OCC[N+](C)(C)C)C(O)/C=C/CC/C=C/CC/C=C/CCCCCCCC. The molecule has 9 heteroatoms. The maximum absolute atomic E-state index is 12.9. The highest BCUT2D eigenvalue weighted by atomic mass is 31.2. The molecule has 3 N–H and O–H groups in total. The predicted octanol–water partition coefficient (Wildman–Crippen LogP) is 12.6. The number of phosphoric acid groups is 1. The molecule has 1 amide bonds. The Labute approximate surface area is 350 Å². The summed E-state index contributed by atoms with van der Waals surface area (Å²) in [6.07, 6.45) is 53.6. The van der Waals surface area contributed by atoms with Gasteiger partial charge in [0.15, 0.2) is 0 Å². The summed E-state index contributed by atoms with van der Waals surface area (Å²) in [6, 6.07) is -0.881. The van der Waals surface area contributed by atoms with E-state index < -0.39 is 20.0 Å². The Hall–Kier alpha value is -2.32. The van der Waals surface area contributed by atoms with E-state index in [1.54, 1.807) is 6.08 Å². The lowest BCUT2D eigenvalue weighted by atomic mass is 10.1. The van der Waals surface area contributed by atoms with Crippen molar-refractivity contribution in [3.8, 4) is 0 Å². The molecule has 0 aliphatic rings. The number of phosphoric ester groups is 1. The quantitative estimate of drug-likeness (QED) is 0.0247. The molecule has 3 unspecified atom stereocenters. The van der Waals surface area contributed by atoms with E-state index in [2.05, 4.69) is 92.1 Å². The van der Waals surface area contributed by atoms with Gasteiger partial charge >= 0.3 is 7.82 Å². The first kappa shape index (κ1) is 54.7. The minimum absolute atomic E-state index is 0.0458. The van der Waals surface area contributed by atoms with Gasteiger partial charge in [-0.1, -0.05) is 157 Å². The fourth-order valence-corrected chi connectivity index (χ4v) is 6.50. The second-order valence-electron chi connectivity index (χ2n) is 16.0. The zero-order valence-electron chi connectivity index (χ0n) is 37.0. The lowest BCUT2D eigenvalue weighted by molar-refractivity contribution is -0.870. The molecule has 0 saturated heterocycles. The molecule has 0 heterocycles. The summed E-state index contributed by atoms with van der Waals surface area (Å²) in [5, 5.41) is 13.8.